The van der Waals surface area contributed by atoms with E-state index >= 15 is 0 Å². The Kier molecular flexibility index (Phi) is 4.07. The number of halogens is 1. The molecule has 4 heteroatoms. The minimum atomic E-state index is -1.01. The van der Waals surface area contributed by atoms with Gasteiger partial charge in [0.15, 0.2) is 11.5 Å². The Hall–Kier alpha value is -1.29. The van der Waals surface area contributed by atoms with Gasteiger partial charge in [0.1, 0.15) is 6.17 Å². The van der Waals surface area contributed by atoms with Crippen LogP contribution in [0.3, 0.4) is 0 Å². The van der Waals surface area contributed by atoms with Crippen LogP contribution in [0.15, 0.2) is 12.1 Å². The molecule has 0 radical (unpaired) electrons. The lowest BCUT2D eigenvalue weighted by Crippen LogP contribution is -2.14. The second kappa shape index (κ2) is 5.57. The summed E-state index contributed by atoms with van der Waals surface area (Å²) in [6, 6.07) is 3.82. The van der Waals surface area contributed by atoms with Gasteiger partial charge < -0.3 is 14.8 Å². The topological polar surface area (TPSA) is 30.5 Å². The van der Waals surface area contributed by atoms with Gasteiger partial charge in [0, 0.05) is 11.6 Å². The van der Waals surface area contributed by atoms with Gasteiger partial charge in [0.05, 0.1) is 14.2 Å². The van der Waals surface area contributed by atoms with Gasteiger partial charge in [0.2, 0.25) is 0 Å². The second-order valence-corrected chi connectivity index (χ2v) is 4.61. The fraction of sp³-hybridized carbons (Fsp3) is 0.571. The Bertz CT molecular complexity index is 415. The van der Waals surface area contributed by atoms with Crippen molar-refractivity contribution in [2.45, 2.75) is 32.0 Å². The van der Waals surface area contributed by atoms with Crippen LogP contribution in [0.4, 0.5) is 4.39 Å². The van der Waals surface area contributed by atoms with E-state index in [2.05, 4.69) is 5.32 Å². The predicted octanol–water partition coefficient (Wildman–Crippen LogP) is 3.16. The van der Waals surface area contributed by atoms with Gasteiger partial charge in [-0.2, -0.15) is 0 Å². The molecule has 1 aromatic rings. The van der Waals surface area contributed by atoms with Crippen molar-refractivity contribution in [3.63, 3.8) is 0 Å². The molecule has 2 unspecified atom stereocenters. The monoisotopic (exact) mass is 253 g/mol. The molecule has 1 N–H and O–H groups in total. The number of nitrogens with one attached hydrogen (secondary N) is 1. The third kappa shape index (κ3) is 2.43. The van der Waals surface area contributed by atoms with Crippen LogP contribution in [0.5, 0.6) is 11.5 Å². The number of hydrogen-bond donors (Lipinski definition) is 1. The Balaban J connectivity index is 2.48. The lowest BCUT2D eigenvalue weighted by Gasteiger charge is -2.19. The van der Waals surface area contributed by atoms with Crippen molar-refractivity contribution in [3.8, 4) is 11.5 Å². The molecule has 1 aliphatic rings. The summed E-state index contributed by atoms with van der Waals surface area (Å²) in [6.07, 6.45) is 1.17. The highest BCUT2D eigenvalue weighted by molar-refractivity contribution is 5.51. The Morgan fingerprint density at radius 2 is 2.11 bits per heavy atom. The zero-order valence-electron chi connectivity index (χ0n) is 11.1. The molecule has 0 amide bonds. The molecule has 0 bridgehead atoms. The maximum Gasteiger partial charge on any atom is 0.165 e. The minimum Gasteiger partial charge on any atom is -0.493 e. The molecule has 1 aliphatic heterocycles. The highest BCUT2D eigenvalue weighted by Gasteiger charge is 2.24. The van der Waals surface area contributed by atoms with Gasteiger partial charge in [-0.1, -0.05) is 0 Å². The summed E-state index contributed by atoms with van der Waals surface area (Å²) in [4.78, 5) is 0. The van der Waals surface area contributed by atoms with E-state index in [-0.39, 0.29) is 6.04 Å². The molecule has 18 heavy (non-hydrogen) atoms. The minimum absolute atomic E-state index is 0.229. The first-order valence-electron chi connectivity index (χ1n) is 6.30. The predicted molar refractivity (Wildman–Crippen MR) is 69.0 cm³/mol. The Morgan fingerprint density at radius 3 is 2.61 bits per heavy atom. The molecule has 1 saturated heterocycles. The maximum atomic E-state index is 13.5. The zero-order valence-corrected chi connectivity index (χ0v) is 11.1. The average Bonchev–Trinajstić information content (AvgIpc) is 2.90. The van der Waals surface area contributed by atoms with Gasteiger partial charge in [-0.25, -0.2) is 4.39 Å². The van der Waals surface area contributed by atoms with Crippen LogP contribution in [0.25, 0.3) is 0 Å². The fourth-order valence-corrected chi connectivity index (χ4v) is 2.45. The quantitative estimate of drug-likeness (QED) is 0.894. The third-order valence-electron chi connectivity index (χ3n) is 3.42. The zero-order chi connectivity index (χ0) is 13.1. The van der Waals surface area contributed by atoms with Gasteiger partial charge in [-0.05, 0) is 44.0 Å². The van der Waals surface area contributed by atoms with Crippen LogP contribution in [-0.2, 0) is 0 Å². The average molecular weight is 253 g/mol. The van der Waals surface area contributed by atoms with Crippen LogP contribution in [0, 0.1) is 0 Å². The molecule has 3 nitrogen and oxygen atoms in total. The third-order valence-corrected chi connectivity index (χ3v) is 3.42. The van der Waals surface area contributed by atoms with Gasteiger partial charge in [-0.15, -0.1) is 0 Å². The van der Waals surface area contributed by atoms with Crippen molar-refractivity contribution in [2.24, 2.45) is 0 Å². The molecule has 0 spiro atoms. The fourth-order valence-electron chi connectivity index (χ4n) is 2.45. The van der Waals surface area contributed by atoms with Crippen molar-refractivity contribution in [1.29, 1.82) is 0 Å². The van der Waals surface area contributed by atoms with E-state index in [0.717, 1.165) is 24.9 Å². The van der Waals surface area contributed by atoms with Crippen LogP contribution in [0.1, 0.15) is 43.1 Å². The summed E-state index contributed by atoms with van der Waals surface area (Å²) < 4.78 is 24.3. The SMILES string of the molecule is COc1cc(C(C)F)cc(C2CCCN2)c1OC. The van der Waals surface area contributed by atoms with Crippen molar-refractivity contribution in [2.75, 3.05) is 20.8 Å². The molecule has 1 fully saturated rings. The normalized spacial score (nSPS) is 20.8. The first-order valence-corrected chi connectivity index (χ1v) is 6.30. The Labute approximate surface area is 107 Å². The number of hydrogen-bond acceptors (Lipinski definition) is 3. The Morgan fingerprint density at radius 1 is 1.33 bits per heavy atom. The van der Waals surface area contributed by atoms with Crippen LogP contribution < -0.4 is 14.8 Å². The number of benzene rings is 1. The largest absolute Gasteiger partial charge is 0.493 e. The first kappa shape index (κ1) is 13.1. The first-order chi connectivity index (χ1) is 8.67. The summed E-state index contributed by atoms with van der Waals surface area (Å²) in [5.41, 5.74) is 1.63. The molecule has 1 aromatic carbocycles. The van der Waals surface area contributed by atoms with E-state index in [4.69, 9.17) is 9.47 Å². The van der Waals surface area contributed by atoms with Crippen LogP contribution >= 0.6 is 0 Å². The lowest BCUT2D eigenvalue weighted by molar-refractivity contribution is 0.341. The van der Waals surface area contributed by atoms with Crippen molar-refractivity contribution in [1.82, 2.24) is 5.32 Å². The molecular weight excluding hydrogens is 233 g/mol. The number of rotatable bonds is 4. The van der Waals surface area contributed by atoms with Crippen LogP contribution in [0.2, 0.25) is 0 Å². The van der Waals surface area contributed by atoms with Crippen molar-refractivity contribution < 1.29 is 13.9 Å². The standard InChI is InChI=1S/C14H20FNO2/c1-9(15)10-7-11(12-5-4-6-16-12)14(18-3)13(8-10)17-2/h7-9,12,16H,4-6H2,1-3H3. The molecular formula is C14H20FNO2. The summed E-state index contributed by atoms with van der Waals surface area (Å²) in [5, 5.41) is 3.41. The highest BCUT2D eigenvalue weighted by atomic mass is 19.1. The van der Waals surface area contributed by atoms with Gasteiger partial charge in [-0.3, -0.25) is 0 Å². The number of alkyl halides is 1. The van der Waals surface area contributed by atoms with Crippen LogP contribution in [-0.4, -0.2) is 20.8 Å². The number of ether oxygens (including phenoxy) is 2. The molecule has 0 aliphatic carbocycles. The number of methoxy groups -OCH3 is 2. The summed E-state index contributed by atoms with van der Waals surface area (Å²) in [7, 11) is 3.20. The molecule has 1 heterocycles. The van der Waals surface area contributed by atoms with E-state index in [1.54, 1.807) is 20.3 Å². The smallest absolute Gasteiger partial charge is 0.165 e. The molecule has 0 aromatic heterocycles. The lowest BCUT2D eigenvalue weighted by atomic mass is 9.99. The summed E-state index contributed by atoms with van der Waals surface area (Å²) >= 11 is 0. The molecule has 2 atom stereocenters. The van der Waals surface area contributed by atoms with E-state index in [1.807, 2.05) is 6.07 Å². The molecule has 2 rings (SSSR count). The summed E-state index contributed by atoms with van der Waals surface area (Å²) in [6.45, 7) is 2.53. The van der Waals surface area contributed by atoms with E-state index in [0.29, 0.717) is 17.1 Å². The maximum absolute atomic E-state index is 13.5. The summed E-state index contributed by atoms with van der Waals surface area (Å²) in [5.74, 6) is 1.31. The van der Waals surface area contributed by atoms with E-state index < -0.39 is 6.17 Å². The molecule has 100 valence electrons. The van der Waals surface area contributed by atoms with E-state index in [9.17, 15) is 4.39 Å². The highest BCUT2D eigenvalue weighted by Crippen LogP contribution is 2.40. The van der Waals surface area contributed by atoms with Crippen molar-refractivity contribution in [3.05, 3.63) is 23.3 Å². The molecule has 0 saturated carbocycles. The van der Waals surface area contributed by atoms with Gasteiger partial charge >= 0.3 is 0 Å². The second-order valence-electron chi connectivity index (χ2n) is 4.61. The van der Waals surface area contributed by atoms with Crippen molar-refractivity contribution >= 4 is 0 Å². The van der Waals surface area contributed by atoms with Gasteiger partial charge in [0.25, 0.3) is 0 Å². The van der Waals surface area contributed by atoms with E-state index in [1.165, 1.54) is 6.92 Å².